The molecule has 1 saturated heterocycles. The zero-order valence-electron chi connectivity index (χ0n) is 11.3. The number of aromatic nitrogens is 2. The Hall–Kier alpha value is -0.780. The topological polar surface area (TPSA) is 59.0 Å². The molecule has 5 nitrogen and oxygen atoms in total. The van der Waals surface area contributed by atoms with Crippen molar-refractivity contribution in [3.8, 4) is 0 Å². The van der Waals surface area contributed by atoms with Crippen molar-refractivity contribution in [1.82, 2.24) is 20.4 Å². The third-order valence-electron chi connectivity index (χ3n) is 3.43. The molecule has 1 aliphatic rings. The van der Waals surface area contributed by atoms with Crippen LogP contribution in [0.2, 0.25) is 0 Å². The maximum absolute atomic E-state index is 12.1. The predicted molar refractivity (Wildman–Crippen MR) is 80.1 cm³/mol. The number of carbonyl (C=O) groups is 1. The first-order valence-electron chi connectivity index (χ1n) is 6.13. The molecule has 7 heteroatoms. The van der Waals surface area contributed by atoms with E-state index in [1.807, 2.05) is 19.2 Å². The van der Waals surface area contributed by atoms with Crippen LogP contribution in [-0.2, 0) is 4.79 Å². The smallest absolute Gasteiger partial charge is 0.244 e. The van der Waals surface area contributed by atoms with Crippen LogP contribution in [-0.4, -0.2) is 34.3 Å². The molecular formula is C12H22Cl2N4O. The number of hydrogen-bond donors (Lipinski definition) is 2. The summed E-state index contributed by atoms with van der Waals surface area (Å²) in [5.74, 6) is 0.0399. The van der Waals surface area contributed by atoms with E-state index < -0.39 is 0 Å². The molecule has 1 aromatic heterocycles. The van der Waals surface area contributed by atoms with Gasteiger partial charge in [-0.05, 0) is 45.8 Å². The summed E-state index contributed by atoms with van der Waals surface area (Å²) in [6.07, 6.45) is 5.46. The van der Waals surface area contributed by atoms with Crippen LogP contribution in [0.15, 0.2) is 18.5 Å². The number of piperidine rings is 1. The molecule has 2 rings (SSSR count). The van der Waals surface area contributed by atoms with Crippen molar-refractivity contribution in [3.63, 3.8) is 0 Å². The molecule has 2 heterocycles. The van der Waals surface area contributed by atoms with E-state index in [9.17, 15) is 4.79 Å². The molecule has 0 spiro atoms. The van der Waals surface area contributed by atoms with Crippen molar-refractivity contribution in [3.05, 3.63) is 18.5 Å². The number of nitrogens with zero attached hydrogens (tertiary/aromatic N) is 2. The van der Waals surface area contributed by atoms with Gasteiger partial charge in [-0.2, -0.15) is 5.10 Å². The zero-order chi connectivity index (χ0) is 12.3. The molecule has 1 atom stereocenters. The molecule has 1 aromatic rings. The van der Waals surface area contributed by atoms with Gasteiger partial charge in [0.15, 0.2) is 0 Å². The molecule has 0 radical (unpaired) electrons. The van der Waals surface area contributed by atoms with Gasteiger partial charge in [-0.15, -0.1) is 24.8 Å². The average Bonchev–Trinajstić information content (AvgIpc) is 2.81. The van der Waals surface area contributed by atoms with E-state index in [1.54, 1.807) is 10.9 Å². The van der Waals surface area contributed by atoms with Crippen LogP contribution >= 0.6 is 24.8 Å². The molecule has 1 unspecified atom stereocenters. The van der Waals surface area contributed by atoms with Crippen molar-refractivity contribution in [1.29, 1.82) is 0 Å². The highest BCUT2D eigenvalue weighted by molar-refractivity contribution is 5.85. The first kappa shape index (κ1) is 18.2. The maximum atomic E-state index is 12.1. The largest absolute Gasteiger partial charge is 0.349 e. The highest BCUT2D eigenvalue weighted by atomic mass is 35.5. The first-order chi connectivity index (χ1) is 8.11. The first-order valence-corrected chi connectivity index (χ1v) is 6.13. The van der Waals surface area contributed by atoms with E-state index >= 15 is 0 Å². The van der Waals surface area contributed by atoms with Crippen LogP contribution in [0.4, 0.5) is 0 Å². The van der Waals surface area contributed by atoms with Crippen molar-refractivity contribution in [2.45, 2.75) is 38.3 Å². The summed E-state index contributed by atoms with van der Waals surface area (Å²) in [6.45, 7) is 5.91. The lowest BCUT2D eigenvalue weighted by Gasteiger charge is -2.35. The summed E-state index contributed by atoms with van der Waals surface area (Å²) in [5, 5.41) is 10.5. The Labute approximate surface area is 126 Å². The lowest BCUT2D eigenvalue weighted by molar-refractivity contribution is -0.126. The fraction of sp³-hybridized carbons (Fsp3) is 0.667. The van der Waals surface area contributed by atoms with Gasteiger partial charge in [-0.25, -0.2) is 0 Å². The Bertz CT molecular complexity index is 377. The van der Waals surface area contributed by atoms with Crippen LogP contribution in [0.3, 0.4) is 0 Å². The van der Waals surface area contributed by atoms with Gasteiger partial charge in [0, 0.05) is 17.9 Å². The number of amides is 1. The highest BCUT2D eigenvalue weighted by Crippen LogP contribution is 2.18. The zero-order valence-corrected chi connectivity index (χ0v) is 12.9. The van der Waals surface area contributed by atoms with Crippen LogP contribution in [0, 0.1) is 0 Å². The minimum absolute atomic E-state index is 0. The molecule has 19 heavy (non-hydrogen) atoms. The summed E-state index contributed by atoms with van der Waals surface area (Å²) in [5.41, 5.74) is -0.0796. The number of nitrogens with one attached hydrogen (secondary N) is 2. The third-order valence-corrected chi connectivity index (χ3v) is 3.43. The lowest BCUT2D eigenvalue weighted by atomic mass is 9.90. The monoisotopic (exact) mass is 308 g/mol. The standard InChI is InChI=1S/C12H20N4O.2ClH/c1-10(16-9-3-6-14-16)11(17)15-12(2)4-7-13-8-5-12;;/h3,6,9-10,13H,4-5,7-8H2,1-2H3,(H,15,17);2*1H. The highest BCUT2D eigenvalue weighted by Gasteiger charge is 2.30. The van der Waals surface area contributed by atoms with Crippen LogP contribution < -0.4 is 10.6 Å². The number of rotatable bonds is 3. The summed E-state index contributed by atoms with van der Waals surface area (Å²) in [4.78, 5) is 12.1. The molecule has 0 aliphatic carbocycles. The van der Waals surface area contributed by atoms with Crippen molar-refractivity contribution in [2.75, 3.05) is 13.1 Å². The molecule has 2 N–H and O–H groups in total. The Morgan fingerprint density at radius 3 is 2.58 bits per heavy atom. The van der Waals surface area contributed by atoms with E-state index in [4.69, 9.17) is 0 Å². The number of hydrogen-bond acceptors (Lipinski definition) is 3. The second-order valence-corrected chi connectivity index (χ2v) is 4.96. The van der Waals surface area contributed by atoms with E-state index in [0.717, 1.165) is 25.9 Å². The Morgan fingerprint density at radius 1 is 1.42 bits per heavy atom. The predicted octanol–water partition coefficient (Wildman–Crippen LogP) is 1.55. The molecular weight excluding hydrogens is 287 g/mol. The Balaban J connectivity index is 0.00000162. The maximum Gasteiger partial charge on any atom is 0.244 e. The average molecular weight is 309 g/mol. The van der Waals surface area contributed by atoms with Gasteiger partial charge >= 0.3 is 0 Å². The van der Waals surface area contributed by atoms with Gasteiger partial charge in [-0.3, -0.25) is 9.48 Å². The quantitative estimate of drug-likeness (QED) is 0.890. The molecule has 0 saturated carbocycles. The van der Waals surface area contributed by atoms with E-state index in [-0.39, 0.29) is 42.3 Å². The summed E-state index contributed by atoms with van der Waals surface area (Å²) >= 11 is 0. The molecule has 0 bridgehead atoms. The minimum atomic E-state index is -0.253. The Morgan fingerprint density at radius 2 is 2.05 bits per heavy atom. The normalized spacial score (nSPS) is 18.6. The van der Waals surface area contributed by atoms with E-state index in [0.29, 0.717) is 0 Å². The SMILES string of the molecule is CC(C(=O)NC1(C)CCNCC1)n1cccn1.Cl.Cl. The Kier molecular flexibility index (Phi) is 7.41. The van der Waals surface area contributed by atoms with Crippen molar-refractivity contribution < 1.29 is 4.79 Å². The van der Waals surface area contributed by atoms with Gasteiger partial charge in [0.2, 0.25) is 5.91 Å². The number of halogens is 2. The van der Waals surface area contributed by atoms with Crippen LogP contribution in [0.1, 0.15) is 32.7 Å². The van der Waals surface area contributed by atoms with Crippen LogP contribution in [0.25, 0.3) is 0 Å². The molecule has 1 fully saturated rings. The van der Waals surface area contributed by atoms with Crippen molar-refractivity contribution >= 4 is 30.7 Å². The van der Waals surface area contributed by atoms with E-state index in [1.165, 1.54) is 0 Å². The van der Waals surface area contributed by atoms with Gasteiger partial charge in [0.1, 0.15) is 6.04 Å². The second kappa shape index (κ2) is 7.72. The van der Waals surface area contributed by atoms with Crippen LogP contribution in [0.5, 0.6) is 0 Å². The molecule has 1 aliphatic heterocycles. The molecule has 110 valence electrons. The summed E-state index contributed by atoms with van der Waals surface area (Å²) in [7, 11) is 0. The summed E-state index contributed by atoms with van der Waals surface area (Å²) in [6, 6.07) is 1.58. The van der Waals surface area contributed by atoms with Crippen molar-refractivity contribution in [2.24, 2.45) is 0 Å². The van der Waals surface area contributed by atoms with Gasteiger partial charge in [0.25, 0.3) is 0 Å². The second-order valence-electron chi connectivity index (χ2n) is 4.96. The fourth-order valence-electron chi connectivity index (χ4n) is 2.14. The summed E-state index contributed by atoms with van der Waals surface area (Å²) < 4.78 is 1.68. The van der Waals surface area contributed by atoms with Gasteiger partial charge in [0.05, 0.1) is 0 Å². The lowest BCUT2D eigenvalue weighted by Crippen LogP contribution is -2.53. The van der Waals surface area contributed by atoms with Gasteiger partial charge in [-0.1, -0.05) is 0 Å². The minimum Gasteiger partial charge on any atom is -0.349 e. The fourth-order valence-corrected chi connectivity index (χ4v) is 2.14. The molecule has 1 amide bonds. The molecule has 0 aromatic carbocycles. The number of carbonyl (C=O) groups excluding carboxylic acids is 1. The van der Waals surface area contributed by atoms with E-state index in [2.05, 4.69) is 22.7 Å². The van der Waals surface area contributed by atoms with Gasteiger partial charge < -0.3 is 10.6 Å². The third kappa shape index (κ3) is 4.67.